The van der Waals surface area contributed by atoms with Gasteiger partial charge < -0.3 is 0 Å². The number of nitrogens with zero attached hydrogens (tertiary/aromatic N) is 2. The van der Waals surface area contributed by atoms with Crippen molar-refractivity contribution in [2.75, 3.05) is 0 Å². The van der Waals surface area contributed by atoms with Crippen molar-refractivity contribution in [2.24, 2.45) is 0 Å². The number of carbonyl (C=O) groups is 1. The SMILES string of the molecule is CCc1ccc(C(=O)Cc2ccn(C(C)CC)n2)s1. The second-order valence-electron chi connectivity index (χ2n) is 4.76. The Kier molecular flexibility index (Phi) is 4.53. The average Bonchev–Trinajstić information content (AvgIpc) is 3.06. The summed E-state index contributed by atoms with van der Waals surface area (Å²) >= 11 is 1.59. The van der Waals surface area contributed by atoms with Crippen molar-refractivity contribution in [3.8, 4) is 0 Å². The summed E-state index contributed by atoms with van der Waals surface area (Å²) in [7, 11) is 0. The Morgan fingerprint density at radius 3 is 2.79 bits per heavy atom. The van der Waals surface area contributed by atoms with Crippen molar-refractivity contribution < 1.29 is 4.79 Å². The topological polar surface area (TPSA) is 34.9 Å². The van der Waals surface area contributed by atoms with Gasteiger partial charge in [0.2, 0.25) is 0 Å². The molecule has 2 aromatic heterocycles. The van der Waals surface area contributed by atoms with E-state index in [-0.39, 0.29) is 5.78 Å². The maximum Gasteiger partial charge on any atom is 0.178 e. The third kappa shape index (κ3) is 3.32. The van der Waals surface area contributed by atoms with Crippen LogP contribution in [0.1, 0.15) is 53.5 Å². The van der Waals surface area contributed by atoms with Gasteiger partial charge in [-0.05, 0) is 38.0 Å². The number of aryl methyl sites for hydroxylation is 1. The van der Waals surface area contributed by atoms with Crippen LogP contribution in [0.15, 0.2) is 24.4 Å². The van der Waals surface area contributed by atoms with E-state index in [1.807, 2.05) is 29.1 Å². The fourth-order valence-electron chi connectivity index (χ4n) is 1.87. The summed E-state index contributed by atoms with van der Waals surface area (Å²) in [5.74, 6) is 0.166. The quantitative estimate of drug-likeness (QED) is 0.750. The number of carbonyl (C=O) groups excluding carboxylic acids is 1. The molecule has 1 unspecified atom stereocenters. The smallest absolute Gasteiger partial charge is 0.178 e. The summed E-state index contributed by atoms with van der Waals surface area (Å²) in [6.45, 7) is 6.37. The van der Waals surface area contributed by atoms with E-state index in [9.17, 15) is 4.79 Å². The number of hydrogen-bond donors (Lipinski definition) is 0. The Morgan fingerprint density at radius 2 is 2.16 bits per heavy atom. The van der Waals surface area contributed by atoms with Crippen LogP contribution >= 0.6 is 11.3 Å². The van der Waals surface area contributed by atoms with Crippen molar-refractivity contribution >= 4 is 17.1 Å². The van der Waals surface area contributed by atoms with Gasteiger partial charge in [0, 0.05) is 17.1 Å². The largest absolute Gasteiger partial charge is 0.293 e. The molecule has 0 saturated heterocycles. The van der Waals surface area contributed by atoms with Crippen LogP contribution in [-0.4, -0.2) is 15.6 Å². The van der Waals surface area contributed by atoms with Gasteiger partial charge in [-0.3, -0.25) is 9.48 Å². The molecule has 0 aliphatic rings. The number of rotatable bonds is 6. The van der Waals surface area contributed by atoms with Gasteiger partial charge >= 0.3 is 0 Å². The summed E-state index contributed by atoms with van der Waals surface area (Å²) in [6, 6.07) is 6.29. The van der Waals surface area contributed by atoms with Crippen molar-refractivity contribution in [3.05, 3.63) is 39.8 Å². The van der Waals surface area contributed by atoms with E-state index in [2.05, 4.69) is 25.9 Å². The fraction of sp³-hybridized carbons (Fsp3) is 0.467. The lowest BCUT2D eigenvalue weighted by molar-refractivity contribution is 0.0995. The van der Waals surface area contributed by atoms with Crippen LogP contribution in [0.4, 0.5) is 0 Å². The zero-order chi connectivity index (χ0) is 13.8. The first-order chi connectivity index (χ1) is 9.13. The Balaban J connectivity index is 2.04. The maximum atomic E-state index is 12.2. The highest BCUT2D eigenvalue weighted by molar-refractivity contribution is 7.14. The lowest BCUT2D eigenvalue weighted by Gasteiger charge is -2.07. The molecule has 2 aromatic rings. The van der Waals surface area contributed by atoms with E-state index >= 15 is 0 Å². The standard InChI is InChI=1S/C15H20N2OS/c1-4-11(3)17-9-8-12(16-17)10-14(18)15-7-6-13(5-2)19-15/h6-9,11H,4-5,10H2,1-3H3. The zero-order valence-electron chi connectivity index (χ0n) is 11.7. The highest BCUT2D eigenvalue weighted by atomic mass is 32.1. The molecular formula is C15H20N2OS. The molecule has 102 valence electrons. The Morgan fingerprint density at radius 1 is 1.37 bits per heavy atom. The van der Waals surface area contributed by atoms with Crippen LogP contribution in [0.2, 0.25) is 0 Å². The van der Waals surface area contributed by atoms with Crippen molar-refractivity contribution in [3.63, 3.8) is 0 Å². The van der Waals surface area contributed by atoms with Crippen molar-refractivity contribution in [1.82, 2.24) is 9.78 Å². The van der Waals surface area contributed by atoms with E-state index in [1.54, 1.807) is 11.3 Å². The zero-order valence-corrected chi connectivity index (χ0v) is 12.5. The normalized spacial score (nSPS) is 12.6. The summed E-state index contributed by atoms with van der Waals surface area (Å²) in [5, 5.41) is 4.47. The van der Waals surface area contributed by atoms with Gasteiger partial charge in [0.25, 0.3) is 0 Å². The Hall–Kier alpha value is -1.42. The lowest BCUT2D eigenvalue weighted by Crippen LogP contribution is -2.07. The first kappa shape index (κ1) is 14.0. The van der Waals surface area contributed by atoms with Crippen molar-refractivity contribution in [1.29, 1.82) is 0 Å². The van der Waals surface area contributed by atoms with Gasteiger partial charge in [0.15, 0.2) is 5.78 Å². The molecule has 0 aliphatic heterocycles. The molecule has 0 fully saturated rings. The van der Waals surface area contributed by atoms with Crippen LogP contribution in [0, 0.1) is 0 Å². The number of thiophene rings is 1. The summed E-state index contributed by atoms with van der Waals surface area (Å²) in [6.07, 6.45) is 4.39. The molecule has 0 bridgehead atoms. The van der Waals surface area contributed by atoms with E-state index in [4.69, 9.17) is 0 Å². The fourth-order valence-corrected chi connectivity index (χ4v) is 2.76. The molecule has 0 spiro atoms. The first-order valence-corrected chi connectivity index (χ1v) is 7.61. The predicted molar refractivity (Wildman–Crippen MR) is 79.0 cm³/mol. The lowest BCUT2D eigenvalue weighted by atomic mass is 10.2. The molecule has 0 amide bonds. The van der Waals surface area contributed by atoms with E-state index in [1.165, 1.54) is 4.88 Å². The minimum Gasteiger partial charge on any atom is -0.293 e. The van der Waals surface area contributed by atoms with E-state index in [0.29, 0.717) is 12.5 Å². The molecule has 0 N–H and O–H groups in total. The monoisotopic (exact) mass is 276 g/mol. The molecular weight excluding hydrogens is 256 g/mol. The molecule has 0 aliphatic carbocycles. The molecule has 1 atom stereocenters. The second kappa shape index (κ2) is 6.15. The molecule has 19 heavy (non-hydrogen) atoms. The molecule has 0 aromatic carbocycles. The minimum absolute atomic E-state index is 0.166. The van der Waals surface area contributed by atoms with Gasteiger partial charge in [-0.15, -0.1) is 11.3 Å². The third-order valence-corrected chi connectivity index (χ3v) is 4.60. The molecule has 0 radical (unpaired) electrons. The van der Waals surface area contributed by atoms with E-state index < -0.39 is 0 Å². The van der Waals surface area contributed by atoms with Crippen LogP contribution in [-0.2, 0) is 12.8 Å². The Bertz CT molecular complexity index is 556. The van der Waals surface area contributed by atoms with Gasteiger partial charge in [-0.25, -0.2) is 0 Å². The number of hydrogen-bond acceptors (Lipinski definition) is 3. The summed E-state index contributed by atoms with van der Waals surface area (Å²) < 4.78 is 1.94. The summed E-state index contributed by atoms with van der Waals surface area (Å²) in [4.78, 5) is 14.3. The average molecular weight is 276 g/mol. The molecule has 2 rings (SSSR count). The van der Waals surface area contributed by atoms with Gasteiger partial charge in [-0.1, -0.05) is 13.8 Å². The minimum atomic E-state index is 0.166. The Labute approximate surface area is 118 Å². The molecule has 2 heterocycles. The van der Waals surface area contributed by atoms with Gasteiger partial charge in [-0.2, -0.15) is 5.10 Å². The van der Waals surface area contributed by atoms with Gasteiger partial charge in [0.05, 0.1) is 17.0 Å². The maximum absolute atomic E-state index is 12.2. The molecule has 0 saturated carbocycles. The van der Waals surface area contributed by atoms with Gasteiger partial charge in [0.1, 0.15) is 0 Å². The molecule has 3 nitrogen and oxygen atoms in total. The second-order valence-corrected chi connectivity index (χ2v) is 5.93. The third-order valence-electron chi connectivity index (χ3n) is 3.33. The number of Topliss-reactive ketones (excluding diaryl/α,β-unsaturated/α-hetero) is 1. The first-order valence-electron chi connectivity index (χ1n) is 6.80. The van der Waals surface area contributed by atoms with E-state index in [0.717, 1.165) is 23.4 Å². The number of aromatic nitrogens is 2. The highest BCUT2D eigenvalue weighted by Gasteiger charge is 2.12. The summed E-state index contributed by atoms with van der Waals surface area (Å²) in [5.41, 5.74) is 0.858. The van der Waals surface area contributed by atoms with Crippen LogP contribution in [0.25, 0.3) is 0 Å². The van der Waals surface area contributed by atoms with Crippen molar-refractivity contribution in [2.45, 2.75) is 46.1 Å². The predicted octanol–water partition coefficient (Wildman–Crippen LogP) is 3.90. The van der Waals surface area contributed by atoms with Crippen LogP contribution < -0.4 is 0 Å². The van der Waals surface area contributed by atoms with Crippen LogP contribution in [0.5, 0.6) is 0 Å². The van der Waals surface area contributed by atoms with Crippen LogP contribution in [0.3, 0.4) is 0 Å². The number of ketones is 1. The highest BCUT2D eigenvalue weighted by Crippen LogP contribution is 2.19. The molecule has 4 heteroatoms.